The molecule has 1 amide bonds. The van der Waals surface area contributed by atoms with Gasteiger partial charge in [-0.1, -0.05) is 12.1 Å². The van der Waals surface area contributed by atoms with Gasteiger partial charge in [0.2, 0.25) is 0 Å². The Labute approximate surface area is 137 Å². The second kappa shape index (κ2) is 7.63. The van der Waals surface area contributed by atoms with E-state index in [4.69, 9.17) is 0 Å². The minimum atomic E-state index is -0.0910. The van der Waals surface area contributed by atoms with Gasteiger partial charge in [-0.2, -0.15) is 0 Å². The highest BCUT2D eigenvalue weighted by atomic mass is 16.1. The van der Waals surface area contributed by atoms with Crippen molar-refractivity contribution in [1.29, 1.82) is 0 Å². The Morgan fingerprint density at radius 3 is 2.35 bits per heavy atom. The summed E-state index contributed by atoms with van der Waals surface area (Å²) in [6.45, 7) is 0.599. The molecule has 1 aromatic heterocycles. The van der Waals surface area contributed by atoms with Crippen LogP contribution in [-0.4, -0.2) is 45.6 Å². The van der Waals surface area contributed by atoms with Crippen LogP contribution >= 0.6 is 0 Å². The van der Waals surface area contributed by atoms with E-state index in [9.17, 15) is 4.79 Å². The molecule has 0 saturated carbocycles. The first-order valence-electron chi connectivity index (χ1n) is 7.66. The third-order valence-electron chi connectivity index (χ3n) is 3.61. The van der Waals surface area contributed by atoms with E-state index < -0.39 is 0 Å². The summed E-state index contributed by atoms with van der Waals surface area (Å²) in [5.41, 5.74) is 2.97. The molecular weight excluding hydrogens is 288 g/mol. The van der Waals surface area contributed by atoms with Gasteiger partial charge in [0.15, 0.2) is 0 Å². The molecule has 2 rings (SSSR count). The van der Waals surface area contributed by atoms with Crippen molar-refractivity contribution in [3.63, 3.8) is 0 Å². The summed E-state index contributed by atoms with van der Waals surface area (Å²) in [7, 11) is 7.80. The zero-order valence-electron chi connectivity index (χ0n) is 14.2. The molecule has 5 heteroatoms. The van der Waals surface area contributed by atoms with Crippen LogP contribution in [-0.2, 0) is 6.42 Å². The topological polar surface area (TPSA) is 48.5 Å². The molecule has 1 heterocycles. The predicted molar refractivity (Wildman–Crippen MR) is 95.4 cm³/mol. The average molecular weight is 312 g/mol. The number of anilines is 2. The lowest BCUT2D eigenvalue weighted by Gasteiger charge is -2.15. The Morgan fingerprint density at radius 1 is 1.04 bits per heavy atom. The van der Waals surface area contributed by atoms with Crippen molar-refractivity contribution in [2.24, 2.45) is 0 Å². The Morgan fingerprint density at radius 2 is 1.74 bits per heavy atom. The van der Waals surface area contributed by atoms with Gasteiger partial charge in [0.25, 0.3) is 5.91 Å². The maximum atomic E-state index is 12.3. The molecule has 0 aliphatic carbocycles. The van der Waals surface area contributed by atoms with Gasteiger partial charge >= 0.3 is 0 Å². The standard InChI is InChI=1S/C18H24N4O/c1-21(2)15-9-7-14(8-10-15)11-13-20-18(23)16-6-5-12-19-17(16)22(3)4/h5-10,12H,11,13H2,1-4H3,(H,20,23). The SMILES string of the molecule is CN(C)c1ccc(CCNC(=O)c2cccnc2N(C)C)cc1. The van der Waals surface area contributed by atoms with Crippen molar-refractivity contribution in [2.45, 2.75) is 6.42 Å². The number of carbonyl (C=O) groups is 1. The van der Waals surface area contributed by atoms with E-state index in [1.807, 2.05) is 33.1 Å². The predicted octanol–water partition coefficient (Wildman–Crippen LogP) is 2.19. The first-order chi connectivity index (χ1) is 11.0. The molecular formula is C18H24N4O. The Hall–Kier alpha value is -2.56. The van der Waals surface area contributed by atoms with E-state index in [1.165, 1.54) is 11.3 Å². The van der Waals surface area contributed by atoms with Gasteiger partial charge in [0, 0.05) is 46.6 Å². The van der Waals surface area contributed by atoms with Gasteiger partial charge in [-0.3, -0.25) is 4.79 Å². The van der Waals surface area contributed by atoms with Crippen LogP contribution in [0.5, 0.6) is 0 Å². The highest BCUT2D eigenvalue weighted by Gasteiger charge is 2.12. The van der Waals surface area contributed by atoms with E-state index in [-0.39, 0.29) is 5.91 Å². The molecule has 122 valence electrons. The maximum absolute atomic E-state index is 12.3. The Balaban J connectivity index is 1.92. The van der Waals surface area contributed by atoms with E-state index in [0.717, 1.165) is 6.42 Å². The number of rotatable bonds is 6. The van der Waals surface area contributed by atoms with Crippen LogP contribution in [0.15, 0.2) is 42.6 Å². The average Bonchev–Trinajstić information content (AvgIpc) is 2.55. The molecule has 1 aromatic carbocycles. The third kappa shape index (κ3) is 4.45. The molecule has 0 fully saturated rings. The van der Waals surface area contributed by atoms with Crippen molar-refractivity contribution in [2.75, 3.05) is 44.5 Å². The second-order valence-electron chi connectivity index (χ2n) is 5.84. The molecule has 0 spiro atoms. The lowest BCUT2D eigenvalue weighted by molar-refractivity contribution is 0.0954. The number of amides is 1. The highest BCUT2D eigenvalue weighted by Crippen LogP contribution is 2.14. The summed E-state index contributed by atoms with van der Waals surface area (Å²) in [6.07, 6.45) is 2.50. The molecule has 2 aromatic rings. The summed E-state index contributed by atoms with van der Waals surface area (Å²) in [4.78, 5) is 20.5. The van der Waals surface area contributed by atoms with Crippen LogP contribution < -0.4 is 15.1 Å². The number of hydrogen-bond donors (Lipinski definition) is 1. The van der Waals surface area contributed by atoms with Crippen molar-refractivity contribution in [3.05, 3.63) is 53.7 Å². The number of hydrogen-bond acceptors (Lipinski definition) is 4. The Kier molecular flexibility index (Phi) is 5.57. The maximum Gasteiger partial charge on any atom is 0.255 e. The minimum Gasteiger partial charge on any atom is -0.378 e. The second-order valence-corrected chi connectivity index (χ2v) is 5.84. The zero-order chi connectivity index (χ0) is 16.8. The van der Waals surface area contributed by atoms with Crippen LogP contribution in [0.25, 0.3) is 0 Å². The van der Waals surface area contributed by atoms with Crippen molar-refractivity contribution in [1.82, 2.24) is 10.3 Å². The normalized spacial score (nSPS) is 10.3. The smallest absolute Gasteiger partial charge is 0.255 e. The highest BCUT2D eigenvalue weighted by molar-refractivity contribution is 5.98. The molecule has 23 heavy (non-hydrogen) atoms. The Bertz CT molecular complexity index is 650. The molecule has 1 N–H and O–H groups in total. The van der Waals surface area contributed by atoms with Crippen LogP contribution in [0.2, 0.25) is 0 Å². The summed E-state index contributed by atoms with van der Waals surface area (Å²) < 4.78 is 0. The summed E-state index contributed by atoms with van der Waals surface area (Å²) in [5, 5.41) is 2.96. The van der Waals surface area contributed by atoms with Crippen LogP contribution in [0.4, 0.5) is 11.5 Å². The van der Waals surface area contributed by atoms with E-state index in [0.29, 0.717) is 17.9 Å². The van der Waals surface area contributed by atoms with E-state index in [1.54, 1.807) is 18.3 Å². The number of nitrogens with one attached hydrogen (secondary N) is 1. The summed E-state index contributed by atoms with van der Waals surface area (Å²) >= 11 is 0. The van der Waals surface area contributed by atoms with Gasteiger partial charge in [-0.25, -0.2) is 4.98 Å². The fourth-order valence-electron chi connectivity index (χ4n) is 2.31. The molecule has 5 nitrogen and oxygen atoms in total. The lowest BCUT2D eigenvalue weighted by atomic mass is 10.1. The van der Waals surface area contributed by atoms with E-state index in [2.05, 4.69) is 39.5 Å². The molecule has 0 unspecified atom stereocenters. The third-order valence-corrected chi connectivity index (χ3v) is 3.61. The quantitative estimate of drug-likeness (QED) is 0.888. The summed E-state index contributed by atoms with van der Waals surface area (Å²) in [6, 6.07) is 11.9. The number of pyridine rings is 1. The zero-order valence-corrected chi connectivity index (χ0v) is 14.2. The molecule has 0 saturated heterocycles. The van der Waals surface area contributed by atoms with Gasteiger partial charge in [-0.05, 0) is 36.2 Å². The first kappa shape index (κ1) is 16.8. The molecule has 0 bridgehead atoms. The van der Waals surface area contributed by atoms with Gasteiger partial charge < -0.3 is 15.1 Å². The fraction of sp³-hybridized carbons (Fsp3) is 0.333. The van der Waals surface area contributed by atoms with Crippen LogP contribution in [0.1, 0.15) is 15.9 Å². The van der Waals surface area contributed by atoms with Gasteiger partial charge in [0.1, 0.15) is 5.82 Å². The monoisotopic (exact) mass is 312 g/mol. The number of nitrogens with zero attached hydrogens (tertiary/aromatic N) is 3. The lowest BCUT2D eigenvalue weighted by Crippen LogP contribution is -2.28. The van der Waals surface area contributed by atoms with Gasteiger partial charge in [0.05, 0.1) is 5.56 Å². The molecule has 0 atom stereocenters. The van der Waals surface area contributed by atoms with Crippen LogP contribution in [0.3, 0.4) is 0 Å². The van der Waals surface area contributed by atoms with Gasteiger partial charge in [-0.15, -0.1) is 0 Å². The number of aromatic nitrogens is 1. The van der Waals surface area contributed by atoms with Crippen molar-refractivity contribution >= 4 is 17.4 Å². The minimum absolute atomic E-state index is 0.0910. The first-order valence-corrected chi connectivity index (χ1v) is 7.66. The fourth-order valence-corrected chi connectivity index (χ4v) is 2.31. The van der Waals surface area contributed by atoms with Crippen molar-refractivity contribution < 1.29 is 4.79 Å². The number of benzene rings is 1. The molecule has 0 aliphatic rings. The molecule has 0 radical (unpaired) electrons. The van der Waals surface area contributed by atoms with Crippen molar-refractivity contribution in [3.8, 4) is 0 Å². The van der Waals surface area contributed by atoms with E-state index >= 15 is 0 Å². The van der Waals surface area contributed by atoms with Crippen LogP contribution in [0, 0.1) is 0 Å². The number of carbonyl (C=O) groups excluding carboxylic acids is 1. The summed E-state index contributed by atoms with van der Waals surface area (Å²) in [5.74, 6) is 0.590. The molecule has 0 aliphatic heterocycles. The largest absolute Gasteiger partial charge is 0.378 e.